The summed E-state index contributed by atoms with van der Waals surface area (Å²) in [6.45, 7) is 0. The average Bonchev–Trinajstić information content (AvgIpc) is 2.51. The molecule has 1 aliphatic carbocycles. The fourth-order valence-corrected chi connectivity index (χ4v) is 2.04. The number of hydrogen-bond acceptors (Lipinski definition) is 3. The van der Waals surface area contributed by atoms with Gasteiger partial charge in [-0.25, -0.2) is 0 Å². The van der Waals surface area contributed by atoms with Crippen LogP contribution in [-0.4, -0.2) is 16.2 Å². The van der Waals surface area contributed by atoms with Crippen molar-refractivity contribution in [3.63, 3.8) is 0 Å². The molecule has 2 N–H and O–H groups in total. The van der Waals surface area contributed by atoms with Gasteiger partial charge in [0.05, 0.1) is 12.7 Å². The molecule has 0 spiro atoms. The summed E-state index contributed by atoms with van der Waals surface area (Å²) < 4.78 is 5.16. The van der Waals surface area contributed by atoms with Gasteiger partial charge in [0.2, 0.25) is 0 Å². The molecule has 0 aliphatic heterocycles. The summed E-state index contributed by atoms with van der Waals surface area (Å²) in [5, 5.41) is 18.8. The van der Waals surface area contributed by atoms with E-state index < -0.39 is 11.6 Å². The lowest BCUT2D eigenvalue weighted by molar-refractivity contribution is -0.144. The number of rotatable bonds is 2. The van der Waals surface area contributed by atoms with Gasteiger partial charge in [0, 0.05) is 0 Å². The molecule has 4 heteroatoms. The van der Waals surface area contributed by atoms with Crippen LogP contribution in [0.2, 0.25) is 0 Å². The summed E-state index contributed by atoms with van der Waals surface area (Å²) in [4.78, 5) is 10.6. The van der Waals surface area contributed by atoms with Crippen molar-refractivity contribution >= 4 is 5.97 Å². The maximum absolute atomic E-state index is 10.6. The third-order valence-electron chi connectivity index (χ3n) is 2.65. The number of aryl methyl sites for hydroxylation is 1. The van der Waals surface area contributed by atoms with Crippen LogP contribution in [0.25, 0.3) is 0 Å². The summed E-state index contributed by atoms with van der Waals surface area (Å²) >= 11 is 0. The van der Waals surface area contributed by atoms with Crippen molar-refractivity contribution in [2.24, 2.45) is 0 Å². The first-order chi connectivity index (χ1) is 6.62. The van der Waals surface area contributed by atoms with Crippen LogP contribution in [0.3, 0.4) is 0 Å². The Morgan fingerprint density at radius 3 is 3.14 bits per heavy atom. The highest BCUT2D eigenvalue weighted by Crippen LogP contribution is 2.38. The van der Waals surface area contributed by atoms with Gasteiger partial charge in [0.1, 0.15) is 11.4 Å². The molecule has 1 aromatic heterocycles. The zero-order valence-electron chi connectivity index (χ0n) is 7.69. The number of furan rings is 1. The van der Waals surface area contributed by atoms with E-state index in [4.69, 9.17) is 9.52 Å². The van der Waals surface area contributed by atoms with E-state index in [2.05, 4.69) is 0 Å². The predicted molar refractivity (Wildman–Crippen MR) is 47.8 cm³/mol. The quantitative estimate of drug-likeness (QED) is 0.747. The van der Waals surface area contributed by atoms with E-state index in [1.165, 1.54) is 6.26 Å². The van der Waals surface area contributed by atoms with E-state index >= 15 is 0 Å². The Kier molecular flexibility index (Phi) is 2.07. The van der Waals surface area contributed by atoms with E-state index in [0.717, 1.165) is 18.4 Å². The summed E-state index contributed by atoms with van der Waals surface area (Å²) in [7, 11) is 0. The van der Waals surface area contributed by atoms with Crippen LogP contribution in [0.15, 0.2) is 16.7 Å². The minimum Gasteiger partial charge on any atom is -0.481 e. The van der Waals surface area contributed by atoms with Gasteiger partial charge < -0.3 is 14.6 Å². The monoisotopic (exact) mass is 196 g/mol. The number of aliphatic carboxylic acids is 1. The van der Waals surface area contributed by atoms with Gasteiger partial charge in [-0.15, -0.1) is 0 Å². The maximum Gasteiger partial charge on any atom is 0.306 e. The van der Waals surface area contributed by atoms with Crippen molar-refractivity contribution in [2.75, 3.05) is 0 Å². The molecule has 76 valence electrons. The predicted octanol–water partition coefficient (Wildman–Crippen LogP) is 1.28. The van der Waals surface area contributed by atoms with Crippen LogP contribution in [-0.2, 0) is 16.8 Å². The van der Waals surface area contributed by atoms with Crippen molar-refractivity contribution in [3.05, 3.63) is 23.7 Å². The summed E-state index contributed by atoms with van der Waals surface area (Å²) in [6, 6.07) is 1.79. The van der Waals surface area contributed by atoms with Crippen LogP contribution < -0.4 is 0 Å². The van der Waals surface area contributed by atoms with Crippen molar-refractivity contribution in [2.45, 2.75) is 31.3 Å². The molecule has 1 atom stereocenters. The van der Waals surface area contributed by atoms with E-state index in [-0.39, 0.29) is 6.42 Å². The third-order valence-corrected chi connectivity index (χ3v) is 2.65. The standard InChI is InChI=1S/C10H12O4/c11-8(12)6-10(13)4-1-2-7-3-5-14-9(7)10/h3,5,13H,1-2,4,6H2,(H,11,12). The van der Waals surface area contributed by atoms with Crippen molar-refractivity contribution in [3.8, 4) is 0 Å². The molecule has 1 aliphatic rings. The lowest BCUT2D eigenvalue weighted by atomic mass is 9.82. The van der Waals surface area contributed by atoms with Crippen molar-refractivity contribution in [1.29, 1.82) is 0 Å². The molecule has 0 saturated heterocycles. The van der Waals surface area contributed by atoms with Gasteiger partial charge in [0.25, 0.3) is 0 Å². The highest BCUT2D eigenvalue weighted by atomic mass is 16.4. The number of aliphatic hydroxyl groups is 1. The molecule has 2 rings (SSSR count). The van der Waals surface area contributed by atoms with Crippen LogP contribution in [0.4, 0.5) is 0 Å². The lowest BCUT2D eigenvalue weighted by Crippen LogP contribution is -2.32. The second-order valence-electron chi connectivity index (χ2n) is 3.73. The minimum absolute atomic E-state index is 0.284. The molecule has 1 heterocycles. The van der Waals surface area contributed by atoms with E-state index in [0.29, 0.717) is 12.2 Å². The van der Waals surface area contributed by atoms with Gasteiger partial charge >= 0.3 is 5.97 Å². The van der Waals surface area contributed by atoms with E-state index in [1.54, 1.807) is 6.07 Å². The second-order valence-corrected chi connectivity index (χ2v) is 3.73. The van der Waals surface area contributed by atoms with E-state index in [9.17, 15) is 9.90 Å². The maximum atomic E-state index is 10.6. The Balaban J connectivity index is 2.34. The first kappa shape index (κ1) is 9.27. The van der Waals surface area contributed by atoms with Gasteiger partial charge in [-0.1, -0.05) is 0 Å². The lowest BCUT2D eigenvalue weighted by Gasteiger charge is -2.29. The molecule has 0 radical (unpaired) electrons. The molecule has 0 fully saturated rings. The Morgan fingerprint density at radius 1 is 1.64 bits per heavy atom. The van der Waals surface area contributed by atoms with Gasteiger partial charge in [-0.2, -0.15) is 0 Å². The first-order valence-electron chi connectivity index (χ1n) is 4.63. The van der Waals surface area contributed by atoms with Crippen molar-refractivity contribution < 1.29 is 19.4 Å². The minimum atomic E-state index is -1.30. The fraction of sp³-hybridized carbons (Fsp3) is 0.500. The highest BCUT2D eigenvalue weighted by molar-refractivity contribution is 5.68. The topological polar surface area (TPSA) is 70.7 Å². The normalized spacial score (nSPS) is 25.8. The number of carbonyl (C=O) groups is 1. The molecular weight excluding hydrogens is 184 g/mol. The molecule has 1 unspecified atom stereocenters. The third kappa shape index (κ3) is 1.42. The SMILES string of the molecule is O=C(O)CC1(O)CCCc2ccoc21. The summed E-state index contributed by atoms with van der Waals surface area (Å²) in [5.74, 6) is -0.567. The van der Waals surface area contributed by atoms with Crippen LogP contribution >= 0.6 is 0 Å². The molecule has 14 heavy (non-hydrogen) atoms. The Morgan fingerprint density at radius 2 is 2.43 bits per heavy atom. The Bertz CT molecular complexity index is 355. The highest BCUT2D eigenvalue weighted by Gasteiger charge is 2.39. The van der Waals surface area contributed by atoms with Crippen molar-refractivity contribution in [1.82, 2.24) is 0 Å². The van der Waals surface area contributed by atoms with Gasteiger partial charge in [-0.05, 0) is 30.9 Å². The summed E-state index contributed by atoms with van der Waals surface area (Å²) in [6.07, 6.45) is 3.33. The Labute approximate surface area is 81.2 Å². The molecular formula is C10H12O4. The van der Waals surface area contributed by atoms with E-state index in [1.807, 2.05) is 0 Å². The number of fused-ring (bicyclic) bond motifs is 1. The number of carboxylic acids is 1. The molecule has 1 aromatic rings. The second kappa shape index (κ2) is 3.13. The Hall–Kier alpha value is -1.29. The smallest absolute Gasteiger partial charge is 0.306 e. The summed E-state index contributed by atoms with van der Waals surface area (Å²) in [5.41, 5.74) is -0.372. The van der Waals surface area contributed by atoms with Crippen LogP contribution in [0.1, 0.15) is 30.6 Å². The fourth-order valence-electron chi connectivity index (χ4n) is 2.04. The molecule has 0 bridgehead atoms. The average molecular weight is 196 g/mol. The molecule has 0 aromatic carbocycles. The number of hydrogen-bond donors (Lipinski definition) is 2. The molecule has 0 amide bonds. The number of carboxylic acid groups (broad SMARTS) is 1. The largest absolute Gasteiger partial charge is 0.481 e. The van der Waals surface area contributed by atoms with Gasteiger partial charge in [-0.3, -0.25) is 4.79 Å². The van der Waals surface area contributed by atoms with Gasteiger partial charge in [0.15, 0.2) is 0 Å². The zero-order valence-corrected chi connectivity index (χ0v) is 7.69. The molecule has 0 saturated carbocycles. The van der Waals surface area contributed by atoms with Crippen LogP contribution in [0, 0.1) is 0 Å². The first-order valence-corrected chi connectivity index (χ1v) is 4.63. The van der Waals surface area contributed by atoms with Crippen LogP contribution in [0.5, 0.6) is 0 Å². The zero-order chi connectivity index (χ0) is 10.2. The molecule has 4 nitrogen and oxygen atoms in total.